The van der Waals surface area contributed by atoms with Crippen LogP contribution in [0.5, 0.6) is 0 Å². The van der Waals surface area contributed by atoms with Gasteiger partial charge in [-0.3, -0.25) is 4.90 Å². The van der Waals surface area contributed by atoms with E-state index in [4.69, 9.17) is 10.8 Å². The highest BCUT2D eigenvalue weighted by Gasteiger charge is 2.21. The van der Waals surface area contributed by atoms with Crippen molar-refractivity contribution in [3.63, 3.8) is 0 Å². The third kappa shape index (κ3) is 3.29. The number of nitrogens with zero attached hydrogens (tertiary/aromatic N) is 2. The van der Waals surface area contributed by atoms with Crippen molar-refractivity contribution >= 4 is 5.69 Å². The van der Waals surface area contributed by atoms with E-state index in [1.807, 2.05) is 13.0 Å². The molecule has 1 saturated heterocycles. The second-order valence-electron chi connectivity index (χ2n) is 5.50. The predicted molar refractivity (Wildman–Crippen MR) is 79.5 cm³/mol. The Morgan fingerprint density at radius 2 is 1.95 bits per heavy atom. The van der Waals surface area contributed by atoms with Crippen molar-refractivity contribution in [2.45, 2.75) is 19.9 Å². The van der Waals surface area contributed by atoms with E-state index in [1.165, 1.54) is 0 Å². The molecule has 0 radical (unpaired) electrons. The lowest BCUT2D eigenvalue weighted by Gasteiger charge is -2.37. The number of hydrogen-bond acceptors (Lipinski definition) is 4. The molecule has 0 bridgehead atoms. The van der Waals surface area contributed by atoms with Gasteiger partial charge in [0, 0.05) is 44.5 Å². The van der Waals surface area contributed by atoms with Crippen LogP contribution in [0, 0.1) is 12.7 Å². The first-order valence-corrected chi connectivity index (χ1v) is 7.16. The molecule has 1 aromatic carbocycles. The number of piperazine rings is 1. The smallest absolute Gasteiger partial charge is 0.126 e. The van der Waals surface area contributed by atoms with Crippen LogP contribution in [-0.2, 0) is 0 Å². The zero-order valence-electron chi connectivity index (χ0n) is 12.3. The molecule has 0 aliphatic carbocycles. The molecule has 0 saturated carbocycles. The minimum absolute atomic E-state index is 0.185. The Kier molecular flexibility index (Phi) is 4.96. The van der Waals surface area contributed by atoms with Crippen molar-refractivity contribution in [2.24, 2.45) is 5.73 Å². The summed E-state index contributed by atoms with van der Waals surface area (Å²) in [5, 5.41) is 8.97. The Morgan fingerprint density at radius 3 is 2.50 bits per heavy atom. The fourth-order valence-electron chi connectivity index (χ4n) is 2.67. The first-order valence-electron chi connectivity index (χ1n) is 7.16. The van der Waals surface area contributed by atoms with E-state index in [0.29, 0.717) is 5.56 Å². The van der Waals surface area contributed by atoms with Gasteiger partial charge in [0.05, 0.1) is 6.61 Å². The lowest BCUT2D eigenvalue weighted by atomic mass is 10.0. The van der Waals surface area contributed by atoms with E-state index in [1.54, 1.807) is 13.0 Å². The zero-order chi connectivity index (χ0) is 14.7. The van der Waals surface area contributed by atoms with Gasteiger partial charge in [-0.2, -0.15) is 0 Å². The summed E-state index contributed by atoms with van der Waals surface area (Å²) in [6.07, 6.45) is 0. The van der Waals surface area contributed by atoms with Crippen LogP contribution in [0.15, 0.2) is 12.1 Å². The molecule has 2 rings (SSSR count). The van der Waals surface area contributed by atoms with Gasteiger partial charge in [-0.15, -0.1) is 0 Å². The van der Waals surface area contributed by atoms with E-state index in [0.717, 1.165) is 44.0 Å². The molecule has 20 heavy (non-hydrogen) atoms. The number of aryl methyl sites for hydroxylation is 1. The minimum Gasteiger partial charge on any atom is -0.395 e. The number of benzene rings is 1. The predicted octanol–water partition coefficient (Wildman–Crippen LogP) is 1.27. The van der Waals surface area contributed by atoms with Gasteiger partial charge in [0.25, 0.3) is 0 Å². The minimum atomic E-state index is -0.194. The number of hydrogen-bond donors (Lipinski definition) is 2. The summed E-state index contributed by atoms with van der Waals surface area (Å²) < 4.78 is 13.7. The van der Waals surface area contributed by atoms with E-state index in [9.17, 15) is 4.39 Å². The standard InChI is InChI=1S/C15H24FN3O/c1-11-9-15(13(12(2)17)10-14(11)16)19-5-3-18(4-6-19)7-8-20/h9-10,12,20H,3-8,17H2,1-2H3/t12-/m1/s1. The first-order chi connectivity index (χ1) is 9.52. The van der Waals surface area contributed by atoms with Gasteiger partial charge in [-0.25, -0.2) is 4.39 Å². The molecule has 0 amide bonds. The number of aliphatic hydroxyl groups is 1. The van der Waals surface area contributed by atoms with E-state index < -0.39 is 0 Å². The van der Waals surface area contributed by atoms with Crippen molar-refractivity contribution in [3.05, 3.63) is 29.1 Å². The monoisotopic (exact) mass is 281 g/mol. The van der Waals surface area contributed by atoms with Crippen LogP contribution in [0.1, 0.15) is 24.1 Å². The number of anilines is 1. The third-order valence-electron chi connectivity index (χ3n) is 3.93. The zero-order valence-corrected chi connectivity index (χ0v) is 12.3. The quantitative estimate of drug-likeness (QED) is 0.872. The molecule has 5 heteroatoms. The van der Waals surface area contributed by atoms with E-state index in [2.05, 4.69) is 9.80 Å². The summed E-state index contributed by atoms with van der Waals surface area (Å²) in [7, 11) is 0. The van der Waals surface area contributed by atoms with Crippen LogP contribution < -0.4 is 10.6 Å². The maximum absolute atomic E-state index is 13.7. The Morgan fingerprint density at radius 1 is 1.30 bits per heavy atom. The molecular weight excluding hydrogens is 257 g/mol. The van der Waals surface area contributed by atoms with Gasteiger partial charge in [0.15, 0.2) is 0 Å². The van der Waals surface area contributed by atoms with Gasteiger partial charge in [-0.05, 0) is 37.1 Å². The fraction of sp³-hybridized carbons (Fsp3) is 0.600. The molecule has 112 valence electrons. The van der Waals surface area contributed by atoms with Gasteiger partial charge in [0.2, 0.25) is 0 Å². The van der Waals surface area contributed by atoms with Crippen LogP contribution in [0.2, 0.25) is 0 Å². The SMILES string of the molecule is Cc1cc(N2CCN(CCO)CC2)c([C@@H](C)N)cc1F. The first kappa shape index (κ1) is 15.2. The Bertz CT molecular complexity index is 457. The molecule has 1 aliphatic rings. The number of β-amino-alcohol motifs (C(OH)–C–C–N with tert-alkyl or cyclic N) is 1. The van der Waals surface area contributed by atoms with Crippen LogP contribution in [0.4, 0.5) is 10.1 Å². The maximum atomic E-state index is 13.7. The third-order valence-corrected chi connectivity index (χ3v) is 3.93. The topological polar surface area (TPSA) is 52.7 Å². The number of nitrogens with two attached hydrogens (primary N) is 1. The maximum Gasteiger partial charge on any atom is 0.126 e. The molecule has 0 spiro atoms. The second kappa shape index (κ2) is 6.52. The molecule has 1 aliphatic heterocycles. The Balaban J connectivity index is 2.18. The lowest BCUT2D eigenvalue weighted by molar-refractivity contribution is 0.188. The summed E-state index contributed by atoms with van der Waals surface area (Å²) in [5.41, 5.74) is 8.54. The second-order valence-corrected chi connectivity index (χ2v) is 5.50. The van der Waals surface area contributed by atoms with Crippen molar-refractivity contribution in [1.82, 2.24) is 4.90 Å². The molecule has 0 aromatic heterocycles. The molecule has 0 unspecified atom stereocenters. The van der Waals surface area contributed by atoms with E-state index >= 15 is 0 Å². The van der Waals surface area contributed by atoms with Crippen molar-refractivity contribution in [3.8, 4) is 0 Å². The van der Waals surface area contributed by atoms with Gasteiger partial charge < -0.3 is 15.7 Å². The van der Waals surface area contributed by atoms with Gasteiger partial charge in [-0.1, -0.05) is 0 Å². The Labute approximate surface area is 120 Å². The van der Waals surface area contributed by atoms with Crippen LogP contribution >= 0.6 is 0 Å². The highest BCUT2D eigenvalue weighted by atomic mass is 19.1. The van der Waals surface area contributed by atoms with Crippen molar-refractivity contribution < 1.29 is 9.50 Å². The summed E-state index contributed by atoms with van der Waals surface area (Å²) >= 11 is 0. The van der Waals surface area contributed by atoms with Crippen LogP contribution in [-0.4, -0.2) is 49.3 Å². The van der Waals surface area contributed by atoms with Crippen molar-refractivity contribution in [2.75, 3.05) is 44.2 Å². The number of aliphatic hydroxyl groups excluding tert-OH is 1. The molecule has 4 nitrogen and oxygen atoms in total. The Hall–Kier alpha value is -1.17. The summed E-state index contributed by atoms with van der Waals surface area (Å²) in [6.45, 7) is 8.17. The molecule has 1 heterocycles. The highest BCUT2D eigenvalue weighted by Crippen LogP contribution is 2.29. The molecule has 1 aromatic rings. The lowest BCUT2D eigenvalue weighted by Crippen LogP contribution is -2.47. The van der Waals surface area contributed by atoms with E-state index in [-0.39, 0.29) is 18.5 Å². The molecular formula is C15H24FN3O. The van der Waals surface area contributed by atoms with Crippen LogP contribution in [0.25, 0.3) is 0 Å². The fourth-order valence-corrected chi connectivity index (χ4v) is 2.67. The highest BCUT2D eigenvalue weighted by molar-refractivity contribution is 5.57. The average molecular weight is 281 g/mol. The molecule has 1 atom stereocenters. The van der Waals surface area contributed by atoms with Gasteiger partial charge in [0.1, 0.15) is 5.82 Å². The summed E-state index contributed by atoms with van der Waals surface area (Å²) in [5.74, 6) is -0.194. The summed E-state index contributed by atoms with van der Waals surface area (Å²) in [4.78, 5) is 4.50. The normalized spacial score (nSPS) is 18.4. The van der Waals surface area contributed by atoms with Gasteiger partial charge >= 0.3 is 0 Å². The molecule has 1 fully saturated rings. The average Bonchev–Trinajstić information content (AvgIpc) is 2.42. The van der Waals surface area contributed by atoms with Crippen molar-refractivity contribution in [1.29, 1.82) is 0 Å². The number of rotatable bonds is 4. The summed E-state index contributed by atoms with van der Waals surface area (Å²) in [6, 6.07) is 3.28. The molecule has 3 N–H and O–H groups in total. The largest absolute Gasteiger partial charge is 0.395 e. The van der Waals surface area contributed by atoms with Crippen LogP contribution in [0.3, 0.4) is 0 Å². The number of halogens is 1.